The molecule has 0 spiro atoms. The molecule has 6 nitrogen and oxygen atoms in total. The first kappa shape index (κ1) is 19.8. The van der Waals surface area contributed by atoms with E-state index in [1.165, 1.54) is 18.9 Å². The van der Waals surface area contributed by atoms with Crippen LogP contribution in [0.1, 0.15) is 6.92 Å². The van der Waals surface area contributed by atoms with Crippen molar-refractivity contribution in [2.24, 2.45) is 0 Å². The third-order valence-electron chi connectivity index (χ3n) is 3.43. The van der Waals surface area contributed by atoms with E-state index in [0.29, 0.717) is 11.4 Å². The Morgan fingerprint density at radius 2 is 1.69 bits per heavy atom. The third-order valence-corrected chi connectivity index (χ3v) is 4.54. The van der Waals surface area contributed by atoms with Gasteiger partial charge in [-0.05, 0) is 49.4 Å². The molecule has 2 aromatic rings. The lowest BCUT2D eigenvalue weighted by Crippen LogP contribution is -2.22. The molecule has 2 amide bonds. The number of hydrogen-bond donors (Lipinski definition) is 2. The number of benzene rings is 2. The second-order valence-electron chi connectivity index (χ2n) is 5.49. The van der Waals surface area contributed by atoms with Crippen LogP contribution in [-0.4, -0.2) is 37.9 Å². The Bertz CT molecular complexity index is 749. The van der Waals surface area contributed by atoms with Crippen molar-refractivity contribution in [2.45, 2.75) is 17.1 Å². The van der Waals surface area contributed by atoms with Crippen molar-refractivity contribution in [1.82, 2.24) is 0 Å². The minimum Gasteiger partial charge on any atom is -0.497 e. The van der Waals surface area contributed by atoms with Crippen LogP contribution in [0.15, 0.2) is 53.4 Å². The third kappa shape index (κ3) is 6.09. The van der Waals surface area contributed by atoms with Gasteiger partial charge in [0.1, 0.15) is 12.4 Å². The van der Waals surface area contributed by atoms with Gasteiger partial charge in [0.25, 0.3) is 0 Å². The molecule has 0 aliphatic carbocycles. The number of thioether (sulfide) groups is 1. The number of carbonyl (C=O) groups excluding carboxylic acids is 2. The lowest BCUT2D eigenvalue weighted by Gasteiger charge is -2.13. The number of anilines is 2. The summed E-state index contributed by atoms with van der Waals surface area (Å²) in [5.74, 6) is 0.407. The van der Waals surface area contributed by atoms with Crippen molar-refractivity contribution in [2.75, 3.05) is 31.5 Å². The lowest BCUT2D eigenvalue weighted by molar-refractivity contribution is -0.119. The number of carbonyl (C=O) groups is 2. The number of ether oxygens (including phenoxy) is 2. The van der Waals surface area contributed by atoms with Gasteiger partial charge < -0.3 is 20.1 Å². The highest BCUT2D eigenvalue weighted by atomic mass is 32.2. The SMILES string of the molecule is COCC(=O)Nc1cccc(NC(=O)C(C)Sc2ccc(OC)cc2)c1. The van der Waals surface area contributed by atoms with Crippen LogP contribution in [0.5, 0.6) is 5.75 Å². The van der Waals surface area contributed by atoms with Gasteiger partial charge in [-0.3, -0.25) is 9.59 Å². The van der Waals surface area contributed by atoms with Crippen LogP contribution in [-0.2, 0) is 14.3 Å². The molecule has 138 valence electrons. The average molecular weight is 374 g/mol. The van der Waals surface area contributed by atoms with Crippen LogP contribution in [0.4, 0.5) is 11.4 Å². The Kier molecular flexibility index (Phi) is 7.50. The summed E-state index contributed by atoms with van der Waals surface area (Å²) in [6.07, 6.45) is 0. The van der Waals surface area contributed by atoms with Gasteiger partial charge in [0.05, 0.1) is 12.4 Å². The van der Waals surface area contributed by atoms with E-state index in [9.17, 15) is 9.59 Å². The van der Waals surface area contributed by atoms with Crippen molar-refractivity contribution in [3.63, 3.8) is 0 Å². The lowest BCUT2D eigenvalue weighted by atomic mass is 10.2. The summed E-state index contributed by atoms with van der Waals surface area (Å²) in [6.45, 7) is 1.82. The Morgan fingerprint density at radius 3 is 2.31 bits per heavy atom. The Balaban J connectivity index is 1.94. The maximum Gasteiger partial charge on any atom is 0.250 e. The van der Waals surface area contributed by atoms with Gasteiger partial charge in [0.2, 0.25) is 11.8 Å². The second-order valence-corrected chi connectivity index (χ2v) is 6.90. The average Bonchev–Trinajstić information content (AvgIpc) is 2.62. The molecule has 0 saturated carbocycles. The summed E-state index contributed by atoms with van der Waals surface area (Å²) >= 11 is 1.46. The molecule has 0 aromatic heterocycles. The smallest absolute Gasteiger partial charge is 0.250 e. The number of hydrogen-bond acceptors (Lipinski definition) is 5. The van der Waals surface area contributed by atoms with Crippen molar-refractivity contribution in [3.05, 3.63) is 48.5 Å². The summed E-state index contributed by atoms with van der Waals surface area (Å²) in [5.41, 5.74) is 1.22. The van der Waals surface area contributed by atoms with E-state index < -0.39 is 0 Å². The van der Waals surface area contributed by atoms with E-state index in [4.69, 9.17) is 9.47 Å². The van der Waals surface area contributed by atoms with E-state index in [-0.39, 0.29) is 23.7 Å². The zero-order valence-corrected chi connectivity index (χ0v) is 15.8. The van der Waals surface area contributed by atoms with Crippen LogP contribution >= 0.6 is 11.8 Å². The molecule has 0 fully saturated rings. The molecule has 0 saturated heterocycles. The fourth-order valence-electron chi connectivity index (χ4n) is 2.16. The van der Waals surface area contributed by atoms with Gasteiger partial charge in [-0.1, -0.05) is 6.07 Å². The van der Waals surface area contributed by atoms with Crippen molar-refractivity contribution >= 4 is 35.0 Å². The van der Waals surface area contributed by atoms with Crippen LogP contribution in [0, 0.1) is 0 Å². The second kappa shape index (κ2) is 9.84. The van der Waals surface area contributed by atoms with E-state index in [0.717, 1.165) is 10.6 Å². The molecule has 0 aliphatic heterocycles. The highest BCUT2D eigenvalue weighted by molar-refractivity contribution is 8.00. The molecule has 1 atom stereocenters. The highest BCUT2D eigenvalue weighted by Crippen LogP contribution is 2.26. The van der Waals surface area contributed by atoms with Gasteiger partial charge >= 0.3 is 0 Å². The van der Waals surface area contributed by atoms with Crippen LogP contribution < -0.4 is 15.4 Å². The fraction of sp³-hybridized carbons (Fsp3) is 0.263. The maximum atomic E-state index is 12.4. The number of nitrogens with one attached hydrogen (secondary N) is 2. The van der Waals surface area contributed by atoms with E-state index in [2.05, 4.69) is 10.6 Å². The molecule has 2 aromatic carbocycles. The first-order valence-electron chi connectivity index (χ1n) is 8.02. The van der Waals surface area contributed by atoms with Gasteiger partial charge in [-0.15, -0.1) is 11.8 Å². The molecular weight excluding hydrogens is 352 g/mol. The molecule has 1 unspecified atom stereocenters. The number of amides is 2. The Hall–Kier alpha value is -2.51. The fourth-order valence-corrected chi connectivity index (χ4v) is 3.03. The standard InChI is InChI=1S/C19H22N2O4S/c1-13(26-17-9-7-16(25-3)8-10-17)19(23)21-15-6-4-5-14(11-15)20-18(22)12-24-2/h4-11,13H,12H2,1-3H3,(H,20,22)(H,21,23). The zero-order valence-electron chi connectivity index (χ0n) is 14.9. The summed E-state index contributed by atoms with van der Waals surface area (Å²) in [4.78, 5) is 25.0. The van der Waals surface area contributed by atoms with Crippen molar-refractivity contribution < 1.29 is 19.1 Å². The summed E-state index contributed by atoms with van der Waals surface area (Å²) in [6, 6.07) is 14.5. The first-order valence-corrected chi connectivity index (χ1v) is 8.90. The molecule has 2 N–H and O–H groups in total. The predicted molar refractivity (Wildman–Crippen MR) is 104 cm³/mol. The van der Waals surface area contributed by atoms with Gasteiger partial charge in [0.15, 0.2) is 0 Å². The summed E-state index contributed by atoms with van der Waals surface area (Å²) < 4.78 is 9.91. The molecular formula is C19H22N2O4S. The van der Waals surface area contributed by atoms with Crippen molar-refractivity contribution in [1.29, 1.82) is 0 Å². The molecule has 0 heterocycles. The highest BCUT2D eigenvalue weighted by Gasteiger charge is 2.15. The topological polar surface area (TPSA) is 76.7 Å². The van der Waals surface area contributed by atoms with Crippen LogP contribution in [0.2, 0.25) is 0 Å². The molecule has 0 aliphatic rings. The Labute approximate surface area is 157 Å². The van der Waals surface area contributed by atoms with E-state index in [1.807, 2.05) is 31.2 Å². The van der Waals surface area contributed by atoms with Gasteiger partial charge in [0, 0.05) is 23.4 Å². The molecule has 0 bridgehead atoms. The molecule has 2 rings (SSSR count). The molecule has 0 radical (unpaired) electrons. The number of methoxy groups -OCH3 is 2. The minimum atomic E-state index is -0.282. The maximum absolute atomic E-state index is 12.4. The predicted octanol–water partition coefficient (Wildman–Crippen LogP) is 3.40. The number of rotatable bonds is 8. The minimum absolute atomic E-state index is 0.0217. The zero-order chi connectivity index (χ0) is 18.9. The van der Waals surface area contributed by atoms with E-state index in [1.54, 1.807) is 31.4 Å². The van der Waals surface area contributed by atoms with Gasteiger partial charge in [-0.2, -0.15) is 0 Å². The van der Waals surface area contributed by atoms with Crippen LogP contribution in [0.3, 0.4) is 0 Å². The van der Waals surface area contributed by atoms with Gasteiger partial charge in [-0.25, -0.2) is 0 Å². The summed E-state index contributed by atoms with van der Waals surface area (Å²) in [7, 11) is 3.07. The summed E-state index contributed by atoms with van der Waals surface area (Å²) in [5, 5.41) is 5.28. The largest absolute Gasteiger partial charge is 0.497 e. The molecule has 26 heavy (non-hydrogen) atoms. The molecule has 7 heteroatoms. The van der Waals surface area contributed by atoms with Crippen LogP contribution in [0.25, 0.3) is 0 Å². The first-order chi connectivity index (χ1) is 12.5. The monoisotopic (exact) mass is 374 g/mol. The Morgan fingerprint density at radius 1 is 1.04 bits per heavy atom. The normalized spacial score (nSPS) is 11.5. The van der Waals surface area contributed by atoms with Crippen molar-refractivity contribution in [3.8, 4) is 5.75 Å². The quantitative estimate of drug-likeness (QED) is 0.693. The van der Waals surface area contributed by atoms with E-state index >= 15 is 0 Å².